The van der Waals surface area contributed by atoms with Crippen LogP contribution in [0.25, 0.3) is 0 Å². The first-order valence-corrected chi connectivity index (χ1v) is 4.12. The van der Waals surface area contributed by atoms with Crippen LogP contribution in [0.15, 0.2) is 24.3 Å². The molecule has 1 aromatic carbocycles. The van der Waals surface area contributed by atoms with Crippen LogP contribution in [-0.4, -0.2) is 17.4 Å². The number of hydrogen-bond donors (Lipinski definition) is 1. The number of carbonyl (C=O) groups excluding carboxylic acids is 1. The fraction of sp³-hybridized carbons (Fsp3) is 0.167. The van der Waals surface area contributed by atoms with Crippen molar-refractivity contribution in [2.45, 2.75) is 13.3 Å². The maximum Gasteiger partial charge on any atom is 1.00 e. The van der Waals surface area contributed by atoms with Gasteiger partial charge in [0.25, 0.3) is 0 Å². The van der Waals surface area contributed by atoms with Crippen LogP contribution in [0.4, 0.5) is 0 Å². The van der Waals surface area contributed by atoms with Gasteiger partial charge in [0.1, 0.15) is 0 Å². The van der Waals surface area contributed by atoms with Gasteiger partial charge in [0, 0.05) is 0 Å². The molecule has 84 valence electrons. The number of benzene rings is 1. The van der Waals surface area contributed by atoms with E-state index in [0.717, 1.165) is 0 Å². The van der Waals surface area contributed by atoms with Crippen molar-refractivity contribution in [3.63, 3.8) is 0 Å². The molecule has 0 aromatic heterocycles. The Morgan fingerprint density at radius 3 is 2.06 bits per heavy atom. The maximum absolute atomic E-state index is 10.2. The van der Waals surface area contributed by atoms with Crippen molar-refractivity contribution in [2.75, 3.05) is 0 Å². The van der Waals surface area contributed by atoms with Gasteiger partial charge in [0.2, 0.25) is 0 Å². The van der Waals surface area contributed by atoms with E-state index >= 15 is 0 Å². The molecule has 4 heteroatoms. The van der Waals surface area contributed by atoms with E-state index in [1.54, 1.807) is 37.5 Å². The van der Waals surface area contributed by atoms with Crippen LogP contribution in [0.2, 0.25) is 0 Å². The standard InChI is InChI=1S/C9H7O3.C2H5.CH3.K/c10-6-8-3-1-7(2-4-8)5-9(11)12;1-2;;/h1-4H,5H2,(H,11,12);1H2,2H3;1H3;/q3*-1;+1. The molecular formula is C12H15KO3-2. The Morgan fingerprint density at radius 2 is 1.75 bits per heavy atom. The van der Waals surface area contributed by atoms with Crippen LogP contribution in [0.5, 0.6) is 0 Å². The first-order chi connectivity index (χ1) is 6.72. The Kier molecular flexibility index (Phi) is 17.4. The summed E-state index contributed by atoms with van der Waals surface area (Å²) in [6, 6.07) is 6.30. The molecule has 1 N–H and O–H groups in total. The summed E-state index contributed by atoms with van der Waals surface area (Å²) in [5, 5.41) is 8.42. The number of hydrogen-bond acceptors (Lipinski definition) is 2. The van der Waals surface area contributed by atoms with Crippen LogP contribution in [-0.2, 0) is 16.0 Å². The molecular weight excluding hydrogens is 231 g/mol. The van der Waals surface area contributed by atoms with Crippen molar-refractivity contribution >= 4 is 12.3 Å². The van der Waals surface area contributed by atoms with Crippen LogP contribution in [0, 0.1) is 14.4 Å². The monoisotopic (exact) mass is 246 g/mol. The molecule has 0 saturated heterocycles. The molecule has 0 aliphatic heterocycles. The second kappa shape index (κ2) is 13.1. The molecule has 0 unspecified atom stereocenters. The molecule has 1 rings (SSSR count). The van der Waals surface area contributed by atoms with E-state index in [9.17, 15) is 9.59 Å². The van der Waals surface area contributed by atoms with Gasteiger partial charge >= 0.3 is 57.4 Å². The number of carbonyl (C=O) groups is 1. The number of aliphatic carboxylic acids is 1. The van der Waals surface area contributed by atoms with Crippen LogP contribution in [0.3, 0.4) is 0 Å². The predicted molar refractivity (Wildman–Crippen MR) is 60.0 cm³/mol. The van der Waals surface area contributed by atoms with E-state index in [1.165, 1.54) is 0 Å². The maximum atomic E-state index is 10.2. The molecule has 0 bridgehead atoms. The summed E-state index contributed by atoms with van der Waals surface area (Å²) >= 11 is 0. The van der Waals surface area contributed by atoms with Gasteiger partial charge in [-0.2, -0.15) is 24.6 Å². The summed E-state index contributed by atoms with van der Waals surface area (Å²) < 4.78 is 0. The van der Waals surface area contributed by atoms with Crippen LogP contribution in [0.1, 0.15) is 18.1 Å². The summed E-state index contributed by atoms with van der Waals surface area (Å²) in [4.78, 5) is 20.3. The summed E-state index contributed by atoms with van der Waals surface area (Å²) in [6.45, 7) is 5.00. The number of rotatable bonds is 3. The molecule has 0 aliphatic rings. The molecule has 0 saturated carbocycles. The molecule has 0 radical (unpaired) electrons. The fourth-order valence-electron chi connectivity index (χ4n) is 0.865. The van der Waals surface area contributed by atoms with Gasteiger partial charge < -0.3 is 24.3 Å². The second-order valence-corrected chi connectivity index (χ2v) is 2.37. The summed E-state index contributed by atoms with van der Waals surface area (Å²) in [5.41, 5.74) is 1.12. The van der Waals surface area contributed by atoms with Crippen molar-refractivity contribution in [1.29, 1.82) is 0 Å². The summed E-state index contributed by atoms with van der Waals surface area (Å²) in [5.74, 6) is -0.877. The van der Waals surface area contributed by atoms with Crippen molar-refractivity contribution in [2.24, 2.45) is 0 Å². The Bertz CT molecular complexity index is 294. The molecule has 16 heavy (non-hydrogen) atoms. The quantitative estimate of drug-likeness (QED) is 0.553. The molecule has 1 aromatic rings. The topological polar surface area (TPSA) is 54.4 Å². The van der Waals surface area contributed by atoms with Gasteiger partial charge in [-0.3, -0.25) is 4.79 Å². The van der Waals surface area contributed by atoms with Crippen LogP contribution < -0.4 is 51.4 Å². The van der Waals surface area contributed by atoms with Crippen molar-refractivity contribution in [3.05, 3.63) is 49.7 Å². The Balaban J connectivity index is -0.000000399. The van der Waals surface area contributed by atoms with Crippen LogP contribution >= 0.6 is 0 Å². The third-order valence-corrected chi connectivity index (χ3v) is 1.43. The third-order valence-electron chi connectivity index (χ3n) is 1.43. The first kappa shape index (κ1) is 21.3. The first-order valence-electron chi connectivity index (χ1n) is 4.12. The van der Waals surface area contributed by atoms with Gasteiger partial charge in [0.05, 0.1) is 12.7 Å². The molecule has 0 aliphatic carbocycles. The second-order valence-electron chi connectivity index (χ2n) is 2.37. The molecule has 0 spiro atoms. The summed E-state index contributed by atoms with van der Waals surface area (Å²) in [7, 11) is 0. The van der Waals surface area contributed by atoms with E-state index in [0.29, 0.717) is 11.1 Å². The summed E-state index contributed by atoms with van der Waals surface area (Å²) in [6.07, 6.45) is 1.70. The normalized spacial score (nSPS) is 7.38. The number of carboxylic acid groups (broad SMARTS) is 1. The minimum Gasteiger partial charge on any atom is -0.481 e. The van der Waals surface area contributed by atoms with E-state index in [4.69, 9.17) is 5.11 Å². The van der Waals surface area contributed by atoms with E-state index in [2.05, 4.69) is 6.92 Å². The van der Waals surface area contributed by atoms with Crippen molar-refractivity contribution in [3.8, 4) is 0 Å². The van der Waals surface area contributed by atoms with Gasteiger partial charge in [-0.05, 0) is 0 Å². The zero-order chi connectivity index (χ0) is 11.0. The molecule has 0 fully saturated rings. The Hall–Kier alpha value is -0.00364. The van der Waals surface area contributed by atoms with Crippen molar-refractivity contribution < 1.29 is 66.1 Å². The zero-order valence-electron chi connectivity index (χ0n) is 9.99. The van der Waals surface area contributed by atoms with Gasteiger partial charge in [0.15, 0.2) is 0 Å². The largest absolute Gasteiger partial charge is 1.00 e. The predicted octanol–water partition coefficient (Wildman–Crippen LogP) is -0.934. The zero-order valence-corrected chi connectivity index (χ0v) is 13.1. The minimum atomic E-state index is -0.877. The van der Waals surface area contributed by atoms with Gasteiger partial charge in [-0.25, -0.2) is 0 Å². The Labute approximate surface area is 140 Å². The van der Waals surface area contributed by atoms with Gasteiger partial charge in [-0.1, -0.05) is 5.56 Å². The smallest absolute Gasteiger partial charge is 0.481 e. The van der Waals surface area contributed by atoms with Gasteiger partial charge in [-0.15, -0.1) is 12.1 Å². The SMILES string of the molecule is O=[C-]c1ccc(CC(=O)O)cc1.[CH2-]C.[CH3-].[K+]. The van der Waals surface area contributed by atoms with E-state index < -0.39 is 5.97 Å². The average Bonchev–Trinajstić information content (AvgIpc) is 2.21. The molecule has 0 heterocycles. The van der Waals surface area contributed by atoms with Crippen molar-refractivity contribution in [1.82, 2.24) is 0 Å². The minimum absolute atomic E-state index is 0. The molecule has 0 atom stereocenters. The molecule has 0 amide bonds. The van der Waals surface area contributed by atoms with E-state index in [-0.39, 0.29) is 65.2 Å². The van der Waals surface area contributed by atoms with E-state index in [1.807, 2.05) is 0 Å². The average molecular weight is 246 g/mol. The third kappa shape index (κ3) is 9.24. The fourth-order valence-corrected chi connectivity index (χ4v) is 0.865. The Morgan fingerprint density at radius 1 is 1.31 bits per heavy atom. The number of carboxylic acids is 1. The molecule has 3 nitrogen and oxygen atoms in total.